The zero-order valence-electron chi connectivity index (χ0n) is 11.3. The van der Waals surface area contributed by atoms with Gasteiger partial charge in [0.2, 0.25) is 0 Å². The summed E-state index contributed by atoms with van der Waals surface area (Å²) in [5.74, 6) is 0.402. The fraction of sp³-hybridized carbons (Fsp3) is 0.267. The number of nitrogens with zero attached hydrogens (tertiary/aromatic N) is 1. The highest BCUT2D eigenvalue weighted by Gasteiger charge is 2.30. The number of nitrogen functional groups attached to an aromatic ring is 1. The zero-order chi connectivity index (χ0) is 15.5. The molecule has 0 aliphatic rings. The molecule has 3 nitrogen and oxygen atoms in total. The van der Waals surface area contributed by atoms with Gasteiger partial charge in [-0.25, -0.2) is 4.98 Å². The van der Waals surface area contributed by atoms with Crippen LogP contribution in [0.2, 0.25) is 0 Å². The molecule has 1 aromatic carbocycles. The fourth-order valence-corrected chi connectivity index (χ4v) is 2.17. The fourth-order valence-electron chi connectivity index (χ4n) is 2.17. The lowest BCUT2D eigenvalue weighted by atomic mass is 9.99. The van der Waals surface area contributed by atoms with Gasteiger partial charge in [0.1, 0.15) is 5.82 Å². The molecule has 1 atom stereocenters. The van der Waals surface area contributed by atoms with E-state index in [1.54, 1.807) is 24.4 Å². The van der Waals surface area contributed by atoms with E-state index in [4.69, 9.17) is 11.5 Å². The van der Waals surface area contributed by atoms with Crippen molar-refractivity contribution < 1.29 is 13.2 Å². The van der Waals surface area contributed by atoms with Crippen molar-refractivity contribution >= 4 is 5.82 Å². The topological polar surface area (TPSA) is 64.9 Å². The normalized spacial score (nSPS) is 13.1. The Morgan fingerprint density at radius 3 is 2.33 bits per heavy atom. The summed E-state index contributed by atoms with van der Waals surface area (Å²) in [6.45, 7) is 0. The summed E-state index contributed by atoms with van der Waals surface area (Å²) in [6, 6.07) is 8.47. The standard InChI is InChI=1S/C15H16F3N3/c16-15(17,18)12-3-1-2-10(6-12)7-13(19)8-11-4-5-21-14(20)9-11/h1-6,9,13H,7-8,19H2,(H2,20,21). The molecule has 0 amide bonds. The van der Waals surface area contributed by atoms with E-state index in [9.17, 15) is 13.2 Å². The Balaban J connectivity index is 2.04. The highest BCUT2D eigenvalue weighted by atomic mass is 19.4. The first-order chi connectivity index (χ1) is 9.84. The average Bonchev–Trinajstić information content (AvgIpc) is 2.37. The molecule has 2 rings (SSSR count). The van der Waals surface area contributed by atoms with Gasteiger partial charge in [0.25, 0.3) is 0 Å². The quantitative estimate of drug-likeness (QED) is 0.911. The number of nitrogens with two attached hydrogens (primary N) is 2. The number of anilines is 1. The van der Waals surface area contributed by atoms with Gasteiger partial charge in [-0.2, -0.15) is 13.2 Å². The molecule has 0 aliphatic carbocycles. The molecule has 1 aromatic heterocycles. The number of pyridine rings is 1. The first-order valence-corrected chi connectivity index (χ1v) is 6.47. The third-order valence-corrected chi connectivity index (χ3v) is 3.10. The van der Waals surface area contributed by atoms with Crippen molar-refractivity contribution in [3.8, 4) is 0 Å². The Hall–Kier alpha value is -2.08. The second-order valence-corrected chi connectivity index (χ2v) is 4.96. The van der Waals surface area contributed by atoms with Gasteiger partial charge < -0.3 is 11.5 Å². The minimum Gasteiger partial charge on any atom is -0.384 e. The van der Waals surface area contributed by atoms with Gasteiger partial charge in [0, 0.05) is 12.2 Å². The number of hydrogen-bond acceptors (Lipinski definition) is 3. The van der Waals surface area contributed by atoms with Gasteiger partial charge >= 0.3 is 6.18 Å². The van der Waals surface area contributed by atoms with Crippen LogP contribution < -0.4 is 11.5 Å². The van der Waals surface area contributed by atoms with Gasteiger partial charge in [0.05, 0.1) is 5.56 Å². The van der Waals surface area contributed by atoms with Crippen LogP contribution in [0.25, 0.3) is 0 Å². The average molecular weight is 295 g/mol. The van der Waals surface area contributed by atoms with Crippen molar-refractivity contribution in [2.24, 2.45) is 5.73 Å². The molecule has 0 spiro atoms. The summed E-state index contributed by atoms with van der Waals surface area (Å²) in [4.78, 5) is 3.88. The van der Waals surface area contributed by atoms with Gasteiger partial charge in [-0.1, -0.05) is 18.2 Å². The Kier molecular flexibility index (Phi) is 4.47. The molecule has 21 heavy (non-hydrogen) atoms. The summed E-state index contributed by atoms with van der Waals surface area (Å²) in [5, 5.41) is 0. The minimum absolute atomic E-state index is 0.282. The monoisotopic (exact) mass is 295 g/mol. The predicted molar refractivity (Wildman–Crippen MR) is 75.5 cm³/mol. The van der Waals surface area contributed by atoms with Crippen molar-refractivity contribution in [2.45, 2.75) is 25.1 Å². The van der Waals surface area contributed by atoms with Crippen LogP contribution in [0.15, 0.2) is 42.6 Å². The second kappa shape index (κ2) is 6.13. The summed E-state index contributed by atoms with van der Waals surface area (Å²) in [7, 11) is 0. The van der Waals surface area contributed by atoms with Gasteiger partial charge in [-0.15, -0.1) is 0 Å². The van der Waals surface area contributed by atoms with Crippen LogP contribution in [0.4, 0.5) is 19.0 Å². The van der Waals surface area contributed by atoms with Crippen molar-refractivity contribution in [1.82, 2.24) is 4.98 Å². The maximum Gasteiger partial charge on any atom is 0.416 e. The lowest BCUT2D eigenvalue weighted by Crippen LogP contribution is -2.25. The molecule has 0 radical (unpaired) electrons. The first-order valence-electron chi connectivity index (χ1n) is 6.47. The molecule has 0 saturated carbocycles. The maximum absolute atomic E-state index is 12.6. The Bertz CT molecular complexity index is 611. The van der Waals surface area contributed by atoms with Crippen molar-refractivity contribution in [1.29, 1.82) is 0 Å². The smallest absolute Gasteiger partial charge is 0.384 e. The SMILES string of the molecule is Nc1cc(CC(N)Cc2cccc(C(F)(F)F)c2)ccn1. The van der Waals surface area contributed by atoms with Crippen LogP contribution >= 0.6 is 0 Å². The number of benzene rings is 1. The van der Waals surface area contributed by atoms with Crippen LogP contribution in [0, 0.1) is 0 Å². The molecule has 0 bridgehead atoms. The molecule has 0 aliphatic heterocycles. The van der Waals surface area contributed by atoms with Crippen molar-refractivity contribution in [2.75, 3.05) is 5.73 Å². The van der Waals surface area contributed by atoms with Crippen LogP contribution in [0.1, 0.15) is 16.7 Å². The lowest BCUT2D eigenvalue weighted by Gasteiger charge is -2.14. The summed E-state index contributed by atoms with van der Waals surface area (Å²) in [5.41, 5.74) is 12.4. The number of alkyl halides is 3. The van der Waals surface area contributed by atoms with E-state index >= 15 is 0 Å². The Morgan fingerprint density at radius 1 is 1.05 bits per heavy atom. The van der Waals surface area contributed by atoms with Crippen LogP contribution in [-0.4, -0.2) is 11.0 Å². The molecular weight excluding hydrogens is 279 g/mol. The van der Waals surface area contributed by atoms with Crippen LogP contribution in [0.5, 0.6) is 0 Å². The van der Waals surface area contributed by atoms with E-state index in [1.807, 2.05) is 0 Å². The molecule has 1 unspecified atom stereocenters. The highest BCUT2D eigenvalue weighted by Crippen LogP contribution is 2.29. The van der Waals surface area contributed by atoms with Gasteiger partial charge in [0.15, 0.2) is 0 Å². The third kappa shape index (κ3) is 4.46. The van der Waals surface area contributed by atoms with Gasteiger partial charge in [-0.3, -0.25) is 0 Å². The molecule has 2 aromatic rings. The van der Waals surface area contributed by atoms with Crippen LogP contribution in [-0.2, 0) is 19.0 Å². The van der Waals surface area contributed by atoms with Crippen LogP contribution in [0.3, 0.4) is 0 Å². The molecule has 6 heteroatoms. The number of aromatic nitrogens is 1. The lowest BCUT2D eigenvalue weighted by molar-refractivity contribution is -0.137. The first kappa shape index (κ1) is 15.3. The summed E-state index contributed by atoms with van der Waals surface area (Å²) in [6.07, 6.45) is -1.85. The zero-order valence-corrected chi connectivity index (χ0v) is 11.3. The maximum atomic E-state index is 12.6. The Labute approximate surface area is 120 Å². The summed E-state index contributed by atoms with van der Waals surface area (Å²) >= 11 is 0. The molecule has 1 heterocycles. The molecule has 0 saturated heterocycles. The number of hydrogen-bond donors (Lipinski definition) is 2. The van der Waals surface area contributed by atoms with E-state index in [-0.39, 0.29) is 6.04 Å². The molecule has 4 N–H and O–H groups in total. The number of rotatable bonds is 4. The predicted octanol–water partition coefficient (Wildman–Crippen LogP) is 2.80. The Morgan fingerprint density at radius 2 is 1.71 bits per heavy atom. The summed E-state index contributed by atoms with van der Waals surface area (Å²) < 4.78 is 37.9. The molecular formula is C15H16F3N3. The van der Waals surface area contributed by atoms with Crippen molar-refractivity contribution in [3.63, 3.8) is 0 Å². The largest absolute Gasteiger partial charge is 0.416 e. The van der Waals surface area contributed by atoms with Crippen molar-refractivity contribution in [3.05, 3.63) is 59.3 Å². The van der Waals surface area contributed by atoms with E-state index in [2.05, 4.69) is 4.98 Å². The van der Waals surface area contributed by atoms with Gasteiger partial charge in [-0.05, 0) is 42.2 Å². The molecule has 0 fully saturated rings. The van der Waals surface area contributed by atoms with E-state index in [0.29, 0.717) is 24.2 Å². The second-order valence-electron chi connectivity index (χ2n) is 4.96. The number of halogens is 3. The minimum atomic E-state index is -4.33. The highest BCUT2D eigenvalue weighted by molar-refractivity contribution is 5.32. The third-order valence-electron chi connectivity index (χ3n) is 3.10. The molecule has 112 valence electrons. The van der Waals surface area contributed by atoms with E-state index < -0.39 is 11.7 Å². The van der Waals surface area contributed by atoms with E-state index in [0.717, 1.165) is 17.7 Å². The van der Waals surface area contributed by atoms with E-state index in [1.165, 1.54) is 6.07 Å².